The largest absolute Gasteiger partial charge is 0.392 e. The zero-order valence-corrected chi connectivity index (χ0v) is 16.3. The van der Waals surface area contributed by atoms with Crippen LogP contribution in [0.2, 0.25) is 0 Å². The lowest BCUT2D eigenvalue weighted by atomic mass is 10.1. The molecular weight excluding hydrogens is 348 g/mol. The Balaban J connectivity index is 1.48. The molecule has 1 aromatic heterocycles. The van der Waals surface area contributed by atoms with Crippen LogP contribution in [0, 0.1) is 0 Å². The van der Waals surface area contributed by atoms with Crippen molar-refractivity contribution in [3.05, 3.63) is 76.9 Å². The molecule has 1 saturated carbocycles. The number of aromatic nitrogens is 3. The fourth-order valence-electron chi connectivity index (χ4n) is 4.26. The molecule has 5 rings (SSSR count). The van der Waals surface area contributed by atoms with E-state index in [4.69, 9.17) is 4.98 Å². The van der Waals surface area contributed by atoms with E-state index in [9.17, 15) is 5.11 Å². The van der Waals surface area contributed by atoms with Gasteiger partial charge in [0.2, 0.25) is 0 Å². The van der Waals surface area contributed by atoms with E-state index < -0.39 is 0 Å². The van der Waals surface area contributed by atoms with Crippen LogP contribution >= 0.6 is 0 Å². The van der Waals surface area contributed by atoms with E-state index in [2.05, 4.69) is 46.4 Å². The maximum Gasteiger partial charge on any atom is 0.154 e. The van der Waals surface area contributed by atoms with Crippen LogP contribution in [0.4, 0.5) is 5.69 Å². The predicted molar refractivity (Wildman–Crippen MR) is 109 cm³/mol. The quantitative estimate of drug-likeness (QED) is 0.719. The summed E-state index contributed by atoms with van der Waals surface area (Å²) in [5.41, 5.74) is 4.95. The molecule has 3 aromatic rings. The molecule has 1 heterocycles. The lowest BCUT2D eigenvalue weighted by molar-refractivity contribution is 0.282. The van der Waals surface area contributed by atoms with E-state index in [-0.39, 0.29) is 6.61 Å². The molecule has 0 atom stereocenters. The Kier molecular flexibility index (Phi) is 4.40. The highest BCUT2D eigenvalue weighted by atomic mass is 16.3. The maximum atomic E-state index is 9.61. The number of benzene rings is 2. The molecule has 1 N–H and O–H groups in total. The van der Waals surface area contributed by atoms with Crippen LogP contribution in [-0.2, 0) is 33.0 Å². The van der Waals surface area contributed by atoms with Gasteiger partial charge in [-0.1, -0.05) is 36.4 Å². The number of hydrogen-bond donors (Lipinski definition) is 1. The highest BCUT2D eigenvalue weighted by Crippen LogP contribution is 2.38. The monoisotopic (exact) mass is 374 g/mol. The first-order valence-electron chi connectivity index (χ1n) is 10.1. The molecule has 0 unspecified atom stereocenters. The van der Waals surface area contributed by atoms with Crippen molar-refractivity contribution < 1.29 is 5.11 Å². The fraction of sp³-hybridized carbons (Fsp3) is 0.391. The number of aryl methyl sites for hydroxylation is 1. The molecule has 0 spiro atoms. The highest BCUT2D eigenvalue weighted by molar-refractivity contribution is 5.51. The summed E-state index contributed by atoms with van der Waals surface area (Å²) in [5, 5.41) is 14.3. The lowest BCUT2D eigenvalue weighted by Crippen LogP contribution is -2.36. The molecule has 2 aliphatic carbocycles. The topological polar surface area (TPSA) is 54.2 Å². The van der Waals surface area contributed by atoms with E-state index in [0.717, 1.165) is 42.3 Å². The second-order valence-electron chi connectivity index (χ2n) is 8.07. The normalized spacial score (nSPS) is 16.4. The Morgan fingerprint density at radius 2 is 1.82 bits per heavy atom. The molecular formula is C23H26N4O. The van der Waals surface area contributed by atoms with E-state index in [1.165, 1.54) is 24.0 Å². The van der Waals surface area contributed by atoms with Crippen molar-refractivity contribution >= 4 is 5.69 Å². The van der Waals surface area contributed by atoms with Gasteiger partial charge in [-0.15, -0.1) is 0 Å². The van der Waals surface area contributed by atoms with Crippen LogP contribution in [0.3, 0.4) is 0 Å². The number of nitrogens with zero attached hydrogens (tertiary/aromatic N) is 4. The first kappa shape index (κ1) is 17.4. The number of rotatable bonds is 6. The Morgan fingerprint density at radius 3 is 2.50 bits per heavy atom. The van der Waals surface area contributed by atoms with Crippen LogP contribution in [0.15, 0.2) is 48.5 Å². The minimum Gasteiger partial charge on any atom is -0.392 e. The van der Waals surface area contributed by atoms with Crippen molar-refractivity contribution in [2.45, 2.75) is 50.8 Å². The molecule has 0 aliphatic heterocycles. The minimum absolute atomic E-state index is 0.0579. The summed E-state index contributed by atoms with van der Waals surface area (Å²) >= 11 is 0. The van der Waals surface area contributed by atoms with Gasteiger partial charge in [0, 0.05) is 24.7 Å². The number of hydrogen-bond acceptors (Lipinski definition) is 4. The number of anilines is 1. The van der Waals surface area contributed by atoms with Gasteiger partial charge in [-0.2, -0.15) is 5.10 Å². The highest BCUT2D eigenvalue weighted by Gasteiger charge is 2.31. The van der Waals surface area contributed by atoms with Crippen molar-refractivity contribution in [3.8, 4) is 0 Å². The second kappa shape index (κ2) is 7.06. The van der Waals surface area contributed by atoms with Gasteiger partial charge in [0.25, 0.3) is 0 Å². The molecule has 2 aliphatic rings. The van der Waals surface area contributed by atoms with Crippen LogP contribution in [-0.4, -0.2) is 25.9 Å². The van der Waals surface area contributed by atoms with Gasteiger partial charge >= 0.3 is 0 Å². The summed E-state index contributed by atoms with van der Waals surface area (Å²) in [6.07, 6.45) is 4.49. The van der Waals surface area contributed by atoms with Crippen LogP contribution in [0.5, 0.6) is 0 Å². The Morgan fingerprint density at radius 1 is 1.07 bits per heavy atom. The molecule has 2 aromatic carbocycles. The maximum absolute atomic E-state index is 9.61. The zero-order chi connectivity index (χ0) is 19.1. The van der Waals surface area contributed by atoms with Gasteiger partial charge in [-0.3, -0.25) is 4.68 Å². The third kappa shape index (κ3) is 3.31. The Labute approximate surface area is 165 Å². The molecule has 5 heteroatoms. The average Bonchev–Trinajstić information content (AvgIpc) is 3.38. The molecule has 0 amide bonds. The molecule has 144 valence electrons. The second-order valence-corrected chi connectivity index (χ2v) is 8.07. The van der Waals surface area contributed by atoms with Gasteiger partial charge in [0.1, 0.15) is 5.82 Å². The SMILES string of the molecule is Cn1nc(C2CC2)nc1CN(c1cccc(CO)c1)C1Cc2ccccc2C1. The standard InChI is InChI=1S/C23H26N4O/c1-26-22(24-23(25-26)17-9-10-17)14-27(20-8-4-5-16(11-20)15-28)21-12-18-6-2-3-7-19(18)13-21/h2-8,11,17,21,28H,9-10,12-15H2,1H3. The van der Waals surface area contributed by atoms with Crippen molar-refractivity contribution in [1.82, 2.24) is 14.8 Å². The first-order chi connectivity index (χ1) is 13.7. The van der Waals surface area contributed by atoms with E-state index >= 15 is 0 Å². The Hall–Kier alpha value is -2.66. The molecule has 28 heavy (non-hydrogen) atoms. The van der Waals surface area contributed by atoms with Crippen molar-refractivity contribution in [2.75, 3.05) is 4.90 Å². The van der Waals surface area contributed by atoms with Crippen LogP contribution in [0.25, 0.3) is 0 Å². The summed E-state index contributed by atoms with van der Waals surface area (Å²) in [7, 11) is 2.00. The number of aliphatic hydroxyl groups excluding tert-OH is 1. The molecule has 0 radical (unpaired) electrons. The van der Waals surface area contributed by atoms with Gasteiger partial charge in [0.05, 0.1) is 13.2 Å². The van der Waals surface area contributed by atoms with Gasteiger partial charge in [-0.05, 0) is 54.5 Å². The summed E-state index contributed by atoms with van der Waals surface area (Å²) in [6.45, 7) is 0.784. The Bertz CT molecular complexity index is 967. The number of fused-ring (bicyclic) bond motifs is 1. The third-order valence-corrected chi connectivity index (χ3v) is 6.02. The van der Waals surface area contributed by atoms with E-state index in [1.54, 1.807) is 0 Å². The van der Waals surface area contributed by atoms with Crippen molar-refractivity contribution in [1.29, 1.82) is 0 Å². The molecule has 0 saturated heterocycles. The predicted octanol–water partition coefficient (Wildman–Crippen LogP) is 3.36. The summed E-state index contributed by atoms with van der Waals surface area (Å²) < 4.78 is 1.94. The summed E-state index contributed by atoms with van der Waals surface area (Å²) in [5.74, 6) is 2.56. The van der Waals surface area contributed by atoms with E-state index in [0.29, 0.717) is 12.0 Å². The summed E-state index contributed by atoms with van der Waals surface area (Å²) in [6, 6.07) is 17.4. The number of aliphatic hydroxyl groups is 1. The van der Waals surface area contributed by atoms with Crippen molar-refractivity contribution in [2.24, 2.45) is 7.05 Å². The first-order valence-corrected chi connectivity index (χ1v) is 10.1. The van der Waals surface area contributed by atoms with Gasteiger partial charge in [-0.25, -0.2) is 4.98 Å². The third-order valence-electron chi connectivity index (χ3n) is 6.02. The molecule has 5 nitrogen and oxygen atoms in total. The fourth-order valence-corrected chi connectivity index (χ4v) is 4.26. The van der Waals surface area contributed by atoms with Crippen LogP contribution < -0.4 is 4.90 Å². The van der Waals surface area contributed by atoms with E-state index in [1.807, 2.05) is 23.9 Å². The molecule has 1 fully saturated rings. The smallest absolute Gasteiger partial charge is 0.154 e. The van der Waals surface area contributed by atoms with Crippen molar-refractivity contribution in [3.63, 3.8) is 0 Å². The summed E-state index contributed by atoms with van der Waals surface area (Å²) in [4.78, 5) is 7.31. The van der Waals surface area contributed by atoms with Gasteiger partial charge < -0.3 is 10.0 Å². The van der Waals surface area contributed by atoms with Gasteiger partial charge in [0.15, 0.2) is 5.82 Å². The molecule has 0 bridgehead atoms. The zero-order valence-electron chi connectivity index (χ0n) is 16.3. The average molecular weight is 374 g/mol. The minimum atomic E-state index is 0.0579. The lowest BCUT2D eigenvalue weighted by Gasteiger charge is -2.31. The van der Waals surface area contributed by atoms with Crippen LogP contribution in [0.1, 0.15) is 47.1 Å².